The van der Waals surface area contributed by atoms with Gasteiger partial charge in [-0.05, 0) is 43.6 Å². The van der Waals surface area contributed by atoms with E-state index in [-0.39, 0.29) is 0 Å². The Morgan fingerprint density at radius 2 is 1.92 bits per heavy atom. The van der Waals surface area contributed by atoms with Gasteiger partial charge in [-0.2, -0.15) is 0 Å². The molecule has 1 heterocycles. The number of hydrogen-bond donors (Lipinski definition) is 0. The monoisotopic (exact) mass is 167 g/mol. The van der Waals surface area contributed by atoms with Crippen molar-refractivity contribution in [2.45, 2.75) is 33.1 Å². The van der Waals surface area contributed by atoms with Crippen LogP contribution in [0, 0.1) is 17.3 Å². The number of hydrogen-bond acceptors (Lipinski definition) is 1. The van der Waals surface area contributed by atoms with E-state index in [2.05, 4.69) is 25.8 Å². The molecule has 0 atom stereocenters. The molecule has 1 saturated heterocycles. The summed E-state index contributed by atoms with van der Waals surface area (Å²) in [7, 11) is 2.24. The Balaban J connectivity index is 1.70. The zero-order valence-electron chi connectivity index (χ0n) is 8.64. The molecular formula is C11H21N. The molecule has 1 nitrogen and oxygen atoms in total. The Morgan fingerprint density at radius 1 is 1.33 bits per heavy atom. The quantitative estimate of drug-likeness (QED) is 0.610. The maximum atomic E-state index is 2.45. The average molecular weight is 167 g/mol. The van der Waals surface area contributed by atoms with Crippen molar-refractivity contribution in [2.24, 2.45) is 17.3 Å². The Kier molecular flexibility index (Phi) is 1.95. The highest BCUT2D eigenvalue weighted by Gasteiger charge is 2.50. The Morgan fingerprint density at radius 3 is 2.33 bits per heavy atom. The SMILES string of the molecule is CC(C)CC1CC2(C1)CN(C)C2. The zero-order chi connectivity index (χ0) is 8.77. The van der Waals surface area contributed by atoms with E-state index in [9.17, 15) is 0 Å². The van der Waals surface area contributed by atoms with Crippen molar-refractivity contribution < 1.29 is 0 Å². The first-order valence-electron chi connectivity index (χ1n) is 5.28. The van der Waals surface area contributed by atoms with Crippen molar-refractivity contribution in [1.29, 1.82) is 0 Å². The first-order chi connectivity index (χ1) is 5.60. The summed E-state index contributed by atoms with van der Waals surface area (Å²) in [4.78, 5) is 2.45. The van der Waals surface area contributed by atoms with Gasteiger partial charge in [0.2, 0.25) is 0 Å². The van der Waals surface area contributed by atoms with Gasteiger partial charge in [-0.15, -0.1) is 0 Å². The summed E-state index contributed by atoms with van der Waals surface area (Å²) in [6.07, 6.45) is 4.51. The van der Waals surface area contributed by atoms with Crippen molar-refractivity contribution in [3.8, 4) is 0 Å². The summed E-state index contributed by atoms with van der Waals surface area (Å²) in [5.41, 5.74) is 0.800. The van der Waals surface area contributed by atoms with E-state index in [4.69, 9.17) is 0 Å². The third-order valence-corrected chi connectivity index (χ3v) is 3.46. The van der Waals surface area contributed by atoms with Crippen molar-refractivity contribution in [1.82, 2.24) is 4.90 Å². The molecule has 0 N–H and O–H groups in total. The van der Waals surface area contributed by atoms with Crippen LogP contribution in [0.3, 0.4) is 0 Å². The molecule has 0 aromatic carbocycles. The Bertz CT molecular complexity index is 160. The molecule has 0 radical (unpaired) electrons. The summed E-state index contributed by atoms with van der Waals surface area (Å²) in [6, 6.07) is 0. The molecular weight excluding hydrogens is 146 g/mol. The standard InChI is InChI=1S/C11H21N/c1-9(2)4-10-5-11(6-10)7-12(3)8-11/h9-10H,4-8H2,1-3H3. The molecule has 1 spiro atoms. The van der Waals surface area contributed by atoms with Crippen LogP contribution < -0.4 is 0 Å². The van der Waals surface area contributed by atoms with Crippen LogP contribution in [0.2, 0.25) is 0 Å². The van der Waals surface area contributed by atoms with Crippen LogP contribution in [0.4, 0.5) is 0 Å². The fourth-order valence-corrected chi connectivity index (χ4v) is 3.36. The third-order valence-electron chi connectivity index (χ3n) is 3.46. The van der Waals surface area contributed by atoms with E-state index < -0.39 is 0 Å². The molecule has 1 saturated carbocycles. The molecule has 12 heavy (non-hydrogen) atoms. The van der Waals surface area contributed by atoms with Gasteiger partial charge in [-0.3, -0.25) is 0 Å². The maximum absolute atomic E-state index is 2.45. The summed E-state index contributed by atoms with van der Waals surface area (Å²) in [6.45, 7) is 7.44. The molecule has 0 aromatic rings. The van der Waals surface area contributed by atoms with E-state index >= 15 is 0 Å². The molecule has 2 rings (SSSR count). The molecule has 1 heteroatoms. The van der Waals surface area contributed by atoms with Crippen LogP contribution in [-0.4, -0.2) is 25.0 Å². The Labute approximate surface area is 76.1 Å². The van der Waals surface area contributed by atoms with Crippen LogP contribution in [0.15, 0.2) is 0 Å². The van der Waals surface area contributed by atoms with Crippen molar-refractivity contribution in [3.05, 3.63) is 0 Å². The topological polar surface area (TPSA) is 3.24 Å². The number of likely N-dealkylation sites (tertiary alicyclic amines) is 1. The summed E-state index contributed by atoms with van der Waals surface area (Å²) in [5.74, 6) is 1.98. The molecule has 1 aliphatic carbocycles. The van der Waals surface area contributed by atoms with Crippen molar-refractivity contribution in [3.63, 3.8) is 0 Å². The van der Waals surface area contributed by atoms with Gasteiger partial charge in [0.05, 0.1) is 0 Å². The minimum absolute atomic E-state index is 0.800. The Hall–Kier alpha value is -0.0400. The van der Waals surface area contributed by atoms with Gasteiger partial charge in [0, 0.05) is 13.1 Å². The molecule has 2 aliphatic rings. The van der Waals surface area contributed by atoms with Crippen LogP contribution in [-0.2, 0) is 0 Å². The lowest BCUT2D eigenvalue weighted by atomic mass is 9.56. The first-order valence-corrected chi connectivity index (χ1v) is 5.28. The fourth-order valence-electron chi connectivity index (χ4n) is 3.36. The smallest absolute Gasteiger partial charge is 0.00476 e. The van der Waals surface area contributed by atoms with Gasteiger partial charge in [0.25, 0.3) is 0 Å². The molecule has 0 bridgehead atoms. The lowest BCUT2D eigenvalue weighted by molar-refractivity contribution is -0.0861. The second-order valence-corrected chi connectivity index (χ2v) is 5.58. The highest BCUT2D eigenvalue weighted by molar-refractivity contribution is 5.03. The van der Waals surface area contributed by atoms with Crippen LogP contribution in [0.1, 0.15) is 33.1 Å². The van der Waals surface area contributed by atoms with E-state index in [1.165, 1.54) is 32.4 Å². The van der Waals surface area contributed by atoms with Gasteiger partial charge < -0.3 is 4.90 Å². The molecule has 2 fully saturated rings. The van der Waals surface area contributed by atoms with E-state index in [0.717, 1.165) is 17.3 Å². The fraction of sp³-hybridized carbons (Fsp3) is 1.00. The number of rotatable bonds is 2. The van der Waals surface area contributed by atoms with Gasteiger partial charge in [-0.25, -0.2) is 0 Å². The highest BCUT2D eigenvalue weighted by Crippen LogP contribution is 2.53. The number of nitrogens with zero attached hydrogens (tertiary/aromatic N) is 1. The highest BCUT2D eigenvalue weighted by atomic mass is 15.2. The maximum Gasteiger partial charge on any atom is 0.00476 e. The largest absolute Gasteiger partial charge is 0.305 e. The van der Waals surface area contributed by atoms with Gasteiger partial charge >= 0.3 is 0 Å². The van der Waals surface area contributed by atoms with Crippen molar-refractivity contribution in [2.75, 3.05) is 20.1 Å². The van der Waals surface area contributed by atoms with Crippen LogP contribution in [0.5, 0.6) is 0 Å². The molecule has 0 amide bonds. The first kappa shape index (κ1) is 8.55. The minimum Gasteiger partial charge on any atom is -0.305 e. The molecule has 1 aliphatic heterocycles. The van der Waals surface area contributed by atoms with Crippen molar-refractivity contribution >= 4 is 0 Å². The van der Waals surface area contributed by atoms with Crippen LogP contribution in [0.25, 0.3) is 0 Å². The van der Waals surface area contributed by atoms with Gasteiger partial charge in [-0.1, -0.05) is 13.8 Å². The van der Waals surface area contributed by atoms with Crippen LogP contribution >= 0.6 is 0 Å². The lowest BCUT2D eigenvalue weighted by Gasteiger charge is -2.58. The second-order valence-electron chi connectivity index (χ2n) is 5.58. The normalized spacial score (nSPS) is 29.0. The van der Waals surface area contributed by atoms with E-state index in [0.29, 0.717) is 0 Å². The average Bonchev–Trinajstić information content (AvgIpc) is 1.78. The minimum atomic E-state index is 0.800. The zero-order valence-corrected chi connectivity index (χ0v) is 8.64. The lowest BCUT2D eigenvalue weighted by Crippen LogP contribution is -2.60. The van der Waals surface area contributed by atoms with E-state index in [1.54, 1.807) is 0 Å². The predicted octanol–water partition coefficient (Wildman–Crippen LogP) is 2.37. The summed E-state index contributed by atoms with van der Waals surface area (Å²) >= 11 is 0. The van der Waals surface area contributed by atoms with Gasteiger partial charge in [0.1, 0.15) is 0 Å². The summed E-state index contributed by atoms with van der Waals surface area (Å²) < 4.78 is 0. The third kappa shape index (κ3) is 1.39. The molecule has 0 aromatic heterocycles. The second kappa shape index (κ2) is 2.73. The summed E-state index contributed by atoms with van der Waals surface area (Å²) in [5, 5.41) is 0. The van der Waals surface area contributed by atoms with E-state index in [1.807, 2.05) is 0 Å². The van der Waals surface area contributed by atoms with Gasteiger partial charge in [0.15, 0.2) is 0 Å². The molecule has 70 valence electrons. The predicted molar refractivity (Wildman–Crippen MR) is 52.1 cm³/mol. The molecule has 0 unspecified atom stereocenters.